The molecule has 0 saturated heterocycles. The van der Waals surface area contributed by atoms with Crippen molar-refractivity contribution in [3.05, 3.63) is 75.5 Å². The molecule has 2 aromatic rings. The highest BCUT2D eigenvalue weighted by atomic mass is 16.6. The van der Waals surface area contributed by atoms with Gasteiger partial charge in [0.05, 0.1) is 4.92 Å². The van der Waals surface area contributed by atoms with E-state index in [0.717, 1.165) is 0 Å². The number of nitrogens with zero attached hydrogens (tertiary/aromatic N) is 2. The first-order valence-corrected chi connectivity index (χ1v) is 5.27. The standard InChI is InChI=1S/C13H10N2O3/c16-14(12-6-2-1-3-7-12)10-11-5-4-8-13(9-11)15(17)18/h1-10H. The highest BCUT2D eigenvalue weighted by molar-refractivity contribution is 5.77. The lowest BCUT2D eigenvalue weighted by molar-refractivity contribution is -0.385. The number of hydrogen-bond acceptors (Lipinski definition) is 3. The monoisotopic (exact) mass is 242 g/mol. The lowest BCUT2D eigenvalue weighted by Gasteiger charge is -2.02. The van der Waals surface area contributed by atoms with Gasteiger partial charge in [-0.05, 0) is 6.07 Å². The normalized spacial score (nSPS) is 11.2. The van der Waals surface area contributed by atoms with E-state index < -0.39 is 4.92 Å². The van der Waals surface area contributed by atoms with Gasteiger partial charge in [-0.15, -0.1) is 0 Å². The molecule has 0 atom stereocenters. The van der Waals surface area contributed by atoms with E-state index in [9.17, 15) is 15.3 Å². The van der Waals surface area contributed by atoms with E-state index in [1.165, 1.54) is 18.3 Å². The summed E-state index contributed by atoms with van der Waals surface area (Å²) >= 11 is 0. The maximum atomic E-state index is 11.8. The lowest BCUT2D eigenvalue weighted by atomic mass is 10.2. The number of nitro groups is 1. The van der Waals surface area contributed by atoms with Crippen LogP contribution in [0.1, 0.15) is 5.56 Å². The largest absolute Gasteiger partial charge is 0.618 e. The van der Waals surface area contributed by atoms with Crippen LogP contribution in [0.4, 0.5) is 11.4 Å². The predicted molar refractivity (Wildman–Crippen MR) is 68.0 cm³/mol. The first kappa shape index (κ1) is 11.8. The van der Waals surface area contributed by atoms with Crippen LogP contribution in [0.5, 0.6) is 0 Å². The zero-order valence-corrected chi connectivity index (χ0v) is 9.39. The van der Waals surface area contributed by atoms with Crippen LogP contribution < -0.4 is 0 Å². The van der Waals surface area contributed by atoms with Crippen LogP contribution in [0.25, 0.3) is 0 Å². The molecule has 5 heteroatoms. The molecule has 0 fully saturated rings. The summed E-state index contributed by atoms with van der Waals surface area (Å²) in [7, 11) is 0. The number of para-hydroxylation sites is 1. The first-order valence-electron chi connectivity index (χ1n) is 5.27. The third-order valence-electron chi connectivity index (χ3n) is 2.36. The predicted octanol–water partition coefficient (Wildman–Crippen LogP) is 2.86. The maximum absolute atomic E-state index is 11.8. The molecule has 2 rings (SSSR count). The van der Waals surface area contributed by atoms with Crippen molar-refractivity contribution >= 4 is 17.6 Å². The average molecular weight is 242 g/mol. The maximum Gasteiger partial charge on any atom is 0.270 e. The molecule has 90 valence electrons. The van der Waals surface area contributed by atoms with Crippen molar-refractivity contribution < 1.29 is 9.66 Å². The SMILES string of the molecule is O=[N+]([O-])c1cccc(C=[N+]([O-])c2ccccc2)c1. The topological polar surface area (TPSA) is 69.2 Å². The van der Waals surface area contributed by atoms with Gasteiger partial charge in [-0.3, -0.25) is 10.1 Å². The quantitative estimate of drug-likeness (QED) is 0.273. The minimum absolute atomic E-state index is 0.0368. The van der Waals surface area contributed by atoms with Gasteiger partial charge in [-0.25, -0.2) is 0 Å². The van der Waals surface area contributed by atoms with Crippen LogP contribution in [0.3, 0.4) is 0 Å². The van der Waals surface area contributed by atoms with Crippen molar-refractivity contribution in [2.45, 2.75) is 0 Å². The fourth-order valence-electron chi connectivity index (χ4n) is 1.50. The molecular formula is C13H10N2O3. The molecule has 0 bridgehead atoms. The Morgan fingerprint density at radius 2 is 1.56 bits per heavy atom. The van der Waals surface area contributed by atoms with Gasteiger partial charge in [0.1, 0.15) is 0 Å². The molecule has 0 radical (unpaired) electrons. The highest BCUT2D eigenvalue weighted by Crippen LogP contribution is 2.13. The Kier molecular flexibility index (Phi) is 3.33. The number of nitro benzene ring substituents is 1. The van der Waals surface area contributed by atoms with Crippen molar-refractivity contribution in [1.29, 1.82) is 0 Å². The smallest absolute Gasteiger partial charge is 0.270 e. The van der Waals surface area contributed by atoms with Gasteiger partial charge in [0.25, 0.3) is 5.69 Å². The zero-order valence-electron chi connectivity index (χ0n) is 9.39. The van der Waals surface area contributed by atoms with E-state index in [1.807, 2.05) is 6.07 Å². The second-order valence-corrected chi connectivity index (χ2v) is 3.64. The molecule has 18 heavy (non-hydrogen) atoms. The fraction of sp³-hybridized carbons (Fsp3) is 0. The molecule has 0 aliphatic carbocycles. The van der Waals surface area contributed by atoms with Crippen LogP contribution in [0.15, 0.2) is 54.6 Å². The van der Waals surface area contributed by atoms with Gasteiger partial charge in [-0.1, -0.05) is 24.3 Å². The molecule has 0 heterocycles. The Hall–Kier alpha value is -2.69. The van der Waals surface area contributed by atoms with Crippen molar-refractivity contribution in [3.8, 4) is 0 Å². The van der Waals surface area contributed by atoms with Gasteiger partial charge in [0, 0.05) is 29.8 Å². The van der Waals surface area contributed by atoms with Gasteiger partial charge < -0.3 is 5.21 Å². The molecule has 0 N–H and O–H groups in total. The summed E-state index contributed by atoms with van der Waals surface area (Å²) < 4.78 is 0.680. The van der Waals surface area contributed by atoms with E-state index in [4.69, 9.17) is 0 Å². The number of hydrogen-bond donors (Lipinski definition) is 0. The van der Waals surface area contributed by atoms with E-state index >= 15 is 0 Å². The number of non-ortho nitro benzene ring substituents is 1. The Bertz CT molecular complexity index is 594. The lowest BCUT2D eigenvalue weighted by Crippen LogP contribution is -1.99. The van der Waals surface area contributed by atoms with Crippen LogP contribution in [0.2, 0.25) is 0 Å². The summed E-state index contributed by atoms with van der Waals surface area (Å²) in [6, 6.07) is 14.6. The number of benzene rings is 2. The molecule has 0 aromatic heterocycles. The molecule has 0 amide bonds. The van der Waals surface area contributed by atoms with Crippen LogP contribution >= 0.6 is 0 Å². The van der Waals surface area contributed by atoms with Crippen LogP contribution in [0, 0.1) is 15.3 Å². The second kappa shape index (κ2) is 5.09. The van der Waals surface area contributed by atoms with Crippen molar-refractivity contribution in [2.24, 2.45) is 0 Å². The zero-order chi connectivity index (χ0) is 13.0. The van der Waals surface area contributed by atoms with Crippen molar-refractivity contribution in [2.75, 3.05) is 0 Å². The van der Waals surface area contributed by atoms with E-state index in [0.29, 0.717) is 16.0 Å². The second-order valence-electron chi connectivity index (χ2n) is 3.64. The van der Waals surface area contributed by atoms with E-state index in [-0.39, 0.29) is 5.69 Å². The van der Waals surface area contributed by atoms with Gasteiger partial charge >= 0.3 is 0 Å². The molecule has 2 aromatic carbocycles. The summed E-state index contributed by atoms with van der Waals surface area (Å²) in [5.41, 5.74) is 0.928. The highest BCUT2D eigenvalue weighted by Gasteiger charge is 2.07. The van der Waals surface area contributed by atoms with Gasteiger partial charge in [-0.2, -0.15) is 4.74 Å². The van der Waals surface area contributed by atoms with Crippen molar-refractivity contribution in [1.82, 2.24) is 0 Å². The Morgan fingerprint density at radius 3 is 2.22 bits per heavy atom. The first-order chi connectivity index (χ1) is 8.66. The summed E-state index contributed by atoms with van der Waals surface area (Å²) in [6.45, 7) is 0. The molecule has 5 nitrogen and oxygen atoms in total. The van der Waals surface area contributed by atoms with E-state index in [2.05, 4.69) is 0 Å². The summed E-state index contributed by atoms with van der Waals surface area (Å²) in [6.07, 6.45) is 1.31. The van der Waals surface area contributed by atoms with E-state index in [1.54, 1.807) is 36.4 Å². The number of rotatable bonds is 3. The third kappa shape index (κ3) is 2.70. The molecule has 0 saturated carbocycles. The fourth-order valence-corrected chi connectivity index (χ4v) is 1.50. The van der Waals surface area contributed by atoms with Gasteiger partial charge in [0.2, 0.25) is 5.69 Å². The Morgan fingerprint density at radius 1 is 0.889 bits per heavy atom. The minimum Gasteiger partial charge on any atom is -0.618 e. The molecule has 0 aliphatic heterocycles. The molecular weight excluding hydrogens is 232 g/mol. The average Bonchev–Trinajstić information content (AvgIpc) is 2.40. The van der Waals surface area contributed by atoms with Crippen LogP contribution in [-0.4, -0.2) is 15.9 Å². The van der Waals surface area contributed by atoms with Crippen LogP contribution in [-0.2, 0) is 0 Å². The molecule has 0 aliphatic rings. The summed E-state index contributed by atoms with van der Waals surface area (Å²) in [5.74, 6) is 0. The minimum atomic E-state index is -0.491. The molecule has 0 spiro atoms. The Balaban J connectivity index is 2.33. The Labute approximate surface area is 103 Å². The summed E-state index contributed by atoms with van der Waals surface area (Å²) in [4.78, 5) is 10.1. The van der Waals surface area contributed by atoms with Gasteiger partial charge in [0.15, 0.2) is 6.21 Å². The summed E-state index contributed by atoms with van der Waals surface area (Å²) in [5, 5.41) is 22.4. The third-order valence-corrected chi connectivity index (χ3v) is 2.36. The van der Waals surface area contributed by atoms with Crippen molar-refractivity contribution in [3.63, 3.8) is 0 Å². The molecule has 0 unspecified atom stereocenters.